The number of methoxy groups -OCH3 is 1. The van der Waals surface area contributed by atoms with Crippen LogP contribution in [0.25, 0.3) is 6.08 Å². The van der Waals surface area contributed by atoms with Gasteiger partial charge < -0.3 is 23.8 Å². The second-order valence-electron chi connectivity index (χ2n) is 5.79. The van der Waals surface area contributed by atoms with Crippen LogP contribution in [0.2, 0.25) is 0 Å². The van der Waals surface area contributed by atoms with E-state index in [0.717, 1.165) is 24.3 Å². The van der Waals surface area contributed by atoms with E-state index >= 15 is 0 Å². The number of ether oxygens (including phenoxy) is 4. The van der Waals surface area contributed by atoms with Gasteiger partial charge in [0.1, 0.15) is 18.2 Å². The zero-order chi connectivity index (χ0) is 20.6. The highest BCUT2D eigenvalue weighted by Crippen LogP contribution is 2.17. The topological polar surface area (TPSA) is 81.0 Å². The van der Waals surface area contributed by atoms with Crippen molar-refractivity contribution in [3.8, 4) is 6.07 Å². The molecule has 0 aliphatic heterocycles. The van der Waals surface area contributed by atoms with E-state index < -0.39 is 5.97 Å². The van der Waals surface area contributed by atoms with Crippen molar-refractivity contribution in [2.45, 2.75) is 13.8 Å². The number of nitriles is 1. The van der Waals surface area contributed by atoms with Crippen LogP contribution in [0.3, 0.4) is 0 Å². The number of hydrogen-bond acceptors (Lipinski definition) is 7. The van der Waals surface area contributed by atoms with Crippen LogP contribution in [0.4, 0.5) is 5.69 Å². The van der Waals surface area contributed by atoms with Crippen LogP contribution in [0.5, 0.6) is 0 Å². The van der Waals surface area contributed by atoms with Gasteiger partial charge in [-0.25, -0.2) is 4.79 Å². The molecular formula is C21H30N2O5. The Bertz CT molecular complexity index is 633. The highest BCUT2D eigenvalue weighted by molar-refractivity contribution is 5.97. The highest BCUT2D eigenvalue weighted by atomic mass is 16.6. The summed E-state index contributed by atoms with van der Waals surface area (Å²) >= 11 is 0. The van der Waals surface area contributed by atoms with Crippen molar-refractivity contribution in [1.82, 2.24) is 0 Å². The van der Waals surface area contributed by atoms with E-state index in [4.69, 9.17) is 18.9 Å². The van der Waals surface area contributed by atoms with Gasteiger partial charge in [0.2, 0.25) is 0 Å². The van der Waals surface area contributed by atoms with Gasteiger partial charge in [0.15, 0.2) is 0 Å². The van der Waals surface area contributed by atoms with Crippen LogP contribution in [0.15, 0.2) is 29.8 Å². The summed E-state index contributed by atoms with van der Waals surface area (Å²) in [7, 11) is 1.61. The van der Waals surface area contributed by atoms with Crippen molar-refractivity contribution in [1.29, 1.82) is 5.26 Å². The fourth-order valence-corrected chi connectivity index (χ4v) is 2.41. The normalized spacial score (nSPS) is 11.1. The molecule has 1 rings (SSSR count). The molecule has 7 nitrogen and oxygen atoms in total. The SMILES string of the molecule is CCN(CC)c1ccc(/C=C(\C#N)C(=O)OCCOCCOCCOC)cc1. The van der Waals surface area contributed by atoms with Crippen LogP contribution in [-0.4, -0.2) is 65.8 Å². The van der Waals surface area contributed by atoms with Gasteiger partial charge >= 0.3 is 5.97 Å². The van der Waals surface area contributed by atoms with E-state index in [0.29, 0.717) is 26.4 Å². The minimum atomic E-state index is -0.657. The summed E-state index contributed by atoms with van der Waals surface area (Å²) in [6.07, 6.45) is 1.53. The molecule has 0 aliphatic rings. The fourth-order valence-electron chi connectivity index (χ4n) is 2.41. The smallest absolute Gasteiger partial charge is 0.348 e. The number of carbonyl (C=O) groups excluding carboxylic acids is 1. The number of nitrogens with zero attached hydrogens (tertiary/aromatic N) is 2. The second kappa shape index (κ2) is 14.6. The Labute approximate surface area is 167 Å². The van der Waals surface area contributed by atoms with Crippen molar-refractivity contribution < 1.29 is 23.7 Å². The van der Waals surface area contributed by atoms with E-state index in [1.165, 1.54) is 6.08 Å². The van der Waals surface area contributed by atoms with E-state index in [2.05, 4.69) is 18.7 Å². The van der Waals surface area contributed by atoms with Gasteiger partial charge in [-0.15, -0.1) is 0 Å². The lowest BCUT2D eigenvalue weighted by molar-refractivity contribution is -0.140. The summed E-state index contributed by atoms with van der Waals surface area (Å²) in [5, 5.41) is 9.23. The predicted octanol–water partition coefficient (Wildman–Crippen LogP) is 2.66. The fraction of sp³-hybridized carbons (Fsp3) is 0.524. The van der Waals surface area contributed by atoms with Gasteiger partial charge in [0, 0.05) is 25.9 Å². The summed E-state index contributed by atoms with van der Waals surface area (Å²) in [4.78, 5) is 14.3. The molecule has 0 amide bonds. The molecule has 1 aromatic rings. The lowest BCUT2D eigenvalue weighted by Gasteiger charge is -2.20. The lowest BCUT2D eigenvalue weighted by Crippen LogP contribution is -2.21. The highest BCUT2D eigenvalue weighted by Gasteiger charge is 2.11. The van der Waals surface area contributed by atoms with Crippen molar-refractivity contribution >= 4 is 17.7 Å². The molecular weight excluding hydrogens is 360 g/mol. The average molecular weight is 390 g/mol. The molecule has 0 aromatic heterocycles. The molecule has 0 aliphatic carbocycles. The maximum absolute atomic E-state index is 12.0. The number of anilines is 1. The van der Waals surface area contributed by atoms with Crippen molar-refractivity contribution in [2.75, 3.05) is 64.7 Å². The first-order chi connectivity index (χ1) is 13.7. The Balaban J connectivity index is 2.41. The molecule has 0 heterocycles. The monoisotopic (exact) mass is 390 g/mol. The molecule has 0 unspecified atom stereocenters. The maximum Gasteiger partial charge on any atom is 0.348 e. The zero-order valence-corrected chi connectivity index (χ0v) is 17.0. The van der Waals surface area contributed by atoms with Gasteiger partial charge in [-0.05, 0) is 37.6 Å². The molecule has 1 aromatic carbocycles. The Hall–Kier alpha value is -2.40. The Kier molecular flexibility index (Phi) is 12.4. The summed E-state index contributed by atoms with van der Waals surface area (Å²) in [6, 6.07) is 9.60. The van der Waals surface area contributed by atoms with Crippen LogP contribution in [0, 0.1) is 11.3 Å². The van der Waals surface area contributed by atoms with E-state index in [9.17, 15) is 10.1 Å². The van der Waals surface area contributed by atoms with Crippen molar-refractivity contribution in [3.63, 3.8) is 0 Å². The zero-order valence-electron chi connectivity index (χ0n) is 17.0. The maximum atomic E-state index is 12.0. The first-order valence-corrected chi connectivity index (χ1v) is 9.44. The van der Waals surface area contributed by atoms with Crippen LogP contribution in [0.1, 0.15) is 19.4 Å². The quantitative estimate of drug-likeness (QED) is 0.209. The Morgan fingerprint density at radius 3 is 2.11 bits per heavy atom. The number of hydrogen-bond donors (Lipinski definition) is 0. The van der Waals surface area contributed by atoms with Gasteiger partial charge in [-0.3, -0.25) is 0 Å². The largest absolute Gasteiger partial charge is 0.459 e. The summed E-state index contributed by atoms with van der Waals surface area (Å²) in [5.41, 5.74) is 1.83. The van der Waals surface area contributed by atoms with Gasteiger partial charge in [-0.1, -0.05) is 12.1 Å². The van der Waals surface area contributed by atoms with Gasteiger partial charge in [0.05, 0.1) is 33.0 Å². The Morgan fingerprint density at radius 2 is 1.57 bits per heavy atom. The van der Waals surface area contributed by atoms with Crippen LogP contribution >= 0.6 is 0 Å². The number of rotatable bonds is 14. The number of carbonyl (C=O) groups is 1. The first kappa shape index (κ1) is 23.6. The minimum Gasteiger partial charge on any atom is -0.459 e. The molecule has 0 radical (unpaired) electrons. The molecule has 0 atom stereocenters. The molecule has 0 saturated carbocycles. The number of esters is 1. The number of benzene rings is 1. The third kappa shape index (κ3) is 9.00. The summed E-state index contributed by atoms with van der Waals surface area (Å²) < 4.78 is 20.5. The summed E-state index contributed by atoms with van der Waals surface area (Å²) in [6.45, 7) is 8.27. The Morgan fingerprint density at radius 1 is 1.00 bits per heavy atom. The molecule has 0 saturated heterocycles. The molecule has 0 fully saturated rings. The van der Waals surface area contributed by atoms with E-state index in [1.54, 1.807) is 7.11 Å². The van der Waals surface area contributed by atoms with E-state index in [1.807, 2.05) is 30.3 Å². The molecule has 0 spiro atoms. The lowest BCUT2D eigenvalue weighted by atomic mass is 10.1. The molecule has 0 bridgehead atoms. The van der Waals surface area contributed by atoms with Gasteiger partial charge in [-0.2, -0.15) is 5.26 Å². The standard InChI is InChI=1S/C21H30N2O5/c1-4-23(5-2)20-8-6-18(7-9-20)16-19(17-22)21(24)28-15-14-27-13-12-26-11-10-25-3/h6-9,16H,4-5,10-15H2,1-3H3/b19-16+. The minimum absolute atomic E-state index is 0.0431. The predicted molar refractivity (Wildman–Crippen MR) is 108 cm³/mol. The van der Waals surface area contributed by atoms with Crippen molar-refractivity contribution in [3.05, 3.63) is 35.4 Å². The average Bonchev–Trinajstić information content (AvgIpc) is 2.72. The third-order valence-electron chi connectivity index (χ3n) is 3.94. The summed E-state index contributed by atoms with van der Waals surface area (Å²) in [5.74, 6) is -0.657. The first-order valence-electron chi connectivity index (χ1n) is 9.44. The second-order valence-corrected chi connectivity index (χ2v) is 5.79. The molecule has 0 N–H and O–H groups in total. The van der Waals surface area contributed by atoms with Crippen molar-refractivity contribution in [2.24, 2.45) is 0 Å². The molecule has 28 heavy (non-hydrogen) atoms. The molecule has 7 heteroatoms. The van der Waals surface area contributed by atoms with Crippen LogP contribution < -0.4 is 4.90 Å². The molecule has 154 valence electrons. The third-order valence-corrected chi connectivity index (χ3v) is 3.94. The van der Waals surface area contributed by atoms with E-state index in [-0.39, 0.29) is 18.8 Å². The van der Waals surface area contributed by atoms with Crippen LogP contribution in [-0.2, 0) is 23.7 Å². The van der Waals surface area contributed by atoms with Gasteiger partial charge in [0.25, 0.3) is 0 Å².